The molecule has 0 spiro atoms. The van der Waals surface area contributed by atoms with Crippen LogP contribution in [0.2, 0.25) is 0 Å². The number of nitrogens with one attached hydrogen (secondary N) is 3. The fraction of sp³-hybridized carbons (Fsp3) is 0.364. The van der Waals surface area contributed by atoms with Gasteiger partial charge in [-0.3, -0.25) is 9.59 Å². The van der Waals surface area contributed by atoms with Crippen molar-refractivity contribution in [1.29, 1.82) is 0 Å². The van der Waals surface area contributed by atoms with Crippen LogP contribution in [0.15, 0.2) is 88.7 Å². The van der Waals surface area contributed by atoms with Gasteiger partial charge in [0.2, 0.25) is 5.91 Å². The van der Waals surface area contributed by atoms with Gasteiger partial charge in [0.25, 0.3) is 5.91 Å². The number of amides is 2. The van der Waals surface area contributed by atoms with E-state index >= 15 is 0 Å². The summed E-state index contributed by atoms with van der Waals surface area (Å²) in [5, 5.41) is 15.9. The molecule has 0 aromatic heterocycles. The van der Waals surface area contributed by atoms with E-state index in [1.165, 1.54) is 17.8 Å². The number of hydrogen-bond donors (Lipinski definition) is 4. The van der Waals surface area contributed by atoms with Crippen molar-refractivity contribution in [2.45, 2.75) is 60.0 Å². The summed E-state index contributed by atoms with van der Waals surface area (Å²) in [5.41, 5.74) is -0.0778. The molecule has 17 heteroatoms. The molecule has 1 saturated carbocycles. The van der Waals surface area contributed by atoms with E-state index in [1.54, 1.807) is 24.3 Å². The number of halogens is 6. The Morgan fingerprint density at radius 2 is 1.54 bits per heavy atom. The number of carbonyl (C=O) groups is 3. The molecule has 4 N–H and O–H groups in total. The highest BCUT2D eigenvalue weighted by atomic mass is 32.2. The normalized spacial score (nSPS) is 17.9. The van der Waals surface area contributed by atoms with Crippen LogP contribution in [0.3, 0.4) is 0 Å². The van der Waals surface area contributed by atoms with Crippen molar-refractivity contribution >= 4 is 39.4 Å². The molecule has 0 aliphatic heterocycles. The molecule has 272 valence electrons. The van der Waals surface area contributed by atoms with E-state index < -0.39 is 64.0 Å². The molecular weight excluding hydrogens is 713 g/mol. The van der Waals surface area contributed by atoms with E-state index in [4.69, 9.17) is 9.90 Å². The van der Waals surface area contributed by atoms with Crippen molar-refractivity contribution in [3.8, 4) is 0 Å². The van der Waals surface area contributed by atoms with Crippen LogP contribution in [0, 0.1) is 5.92 Å². The number of benzene rings is 3. The SMILES string of the molecule is CSc1ccc(S(=O)(=O)C[C@@H]2C[C@H](NCc3ccccc3)CC[C@@H]2NC(=O)CNC(=O)c2cccc(C(F)(F)F)c2)cc1.O=C(O)C(F)(F)F. The summed E-state index contributed by atoms with van der Waals surface area (Å²) in [4.78, 5) is 35.4. The molecule has 1 aliphatic rings. The fourth-order valence-corrected chi connectivity index (χ4v) is 7.28. The summed E-state index contributed by atoms with van der Waals surface area (Å²) < 4.78 is 97.6. The predicted octanol–water partition coefficient (Wildman–Crippen LogP) is 5.71. The van der Waals surface area contributed by atoms with Crippen LogP contribution in [-0.4, -0.2) is 68.1 Å². The number of aliphatic carboxylic acids is 1. The van der Waals surface area contributed by atoms with Gasteiger partial charge in [-0.05, 0) is 79.5 Å². The molecule has 0 unspecified atom stereocenters. The summed E-state index contributed by atoms with van der Waals surface area (Å²) in [6.45, 7) is 0.163. The van der Waals surface area contributed by atoms with E-state index in [-0.39, 0.29) is 22.3 Å². The standard InChI is InChI=1S/C31H34F3N3O4S2.C2HF3O2/c1-42-26-11-13-27(14-12-26)43(40,41)20-23-17-25(35-18-21-6-3-2-4-7-21)10-15-28(23)37-29(38)19-36-30(39)22-8-5-9-24(16-22)31(32,33)34;3-2(4,5)1(6)7/h2-9,11-14,16,23,25,28,35H,10,15,17-20H2,1H3,(H,36,39)(H,37,38);(H,6,7)/t23-,25+,28-;/m0./s1. The molecule has 1 fully saturated rings. The number of hydrogen-bond acceptors (Lipinski definition) is 7. The number of sulfone groups is 1. The van der Waals surface area contributed by atoms with Gasteiger partial charge in [0.05, 0.1) is 22.8 Å². The lowest BCUT2D eigenvalue weighted by atomic mass is 9.82. The average molecular weight is 748 g/mol. The van der Waals surface area contributed by atoms with Gasteiger partial charge in [-0.2, -0.15) is 26.3 Å². The molecular formula is C33H35F6N3O6S2. The first-order chi connectivity index (χ1) is 23.4. The third-order valence-corrected chi connectivity index (χ3v) is 10.3. The first-order valence-electron chi connectivity index (χ1n) is 15.1. The Morgan fingerprint density at radius 3 is 2.12 bits per heavy atom. The second-order valence-electron chi connectivity index (χ2n) is 11.3. The van der Waals surface area contributed by atoms with Crippen LogP contribution >= 0.6 is 11.8 Å². The molecule has 0 bridgehead atoms. The largest absolute Gasteiger partial charge is 0.490 e. The molecule has 1 aliphatic carbocycles. The van der Waals surface area contributed by atoms with E-state index in [0.29, 0.717) is 25.8 Å². The van der Waals surface area contributed by atoms with E-state index in [1.807, 2.05) is 36.6 Å². The van der Waals surface area contributed by atoms with Crippen LogP contribution < -0.4 is 16.0 Å². The van der Waals surface area contributed by atoms with Crippen LogP contribution in [0.25, 0.3) is 0 Å². The molecule has 0 radical (unpaired) electrons. The minimum absolute atomic E-state index is 0.0352. The van der Waals surface area contributed by atoms with Crippen LogP contribution in [-0.2, 0) is 32.1 Å². The molecule has 9 nitrogen and oxygen atoms in total. The molecule has 3 aromatic rings. The zero-order valence-corrected chi connectivity index (χ0v) is 28.2. The van der Waals surface area contributed by atoms with E-state index in [2.05, 4.69) is 16.0 Å². The number of alkyl halides is 6. The first kappa shape index (κ1) is 40.3. The maximum Gasteiger partial charge on any atom is 0.490 e. The number of carboxylic acid groups (broad SMARTS) is 1. The Labute approximate surface area is 289 Å². The van der Waals surface area contributed by atoms with Crippen molar-refractivity contribution in [1.82, 2.24) is 16.0 Å². The van der Waals surface area contributed by atoms with Gasteiger partial charge in [-0.15, -0.1) is 11.8 Å². The van der Waals surface area contributed by atoms with Gasteiger partial charge in [0.1, 0.15) is 0 Å². The van der Waals surface area contributed by atoms with Gasteiger partial charge < -0.3 is 21.1 Å². The quantitative estimate of drug-likeness (QED) is 0.145. The number of thioether (sulfide) groups is 1. The minimum atomic E-state index is -5.08. The maximum absolute atomic E-state index is 13.4. The fourth-order valence-electron chi connectivity index (χ4n) is 5.20. The average Bonchev–Trinajstić information content (AvgIpc) is 3.07. The first-order valence-corrected chi connectivity index (χ1v) is 18.0. The predicted molar refractivity (Wildman–Crippen MR) is 174 cm³/mol. The van der Waals surface area contributed by atoms with Crippen molar-refractivity contribution in [3.63, 3.8) is 0 Å². The summed E-state index contributed by atoms with van der Waals surface area (Å²) in [6.07, 6.45) is -6.05. The Balaban J connectivity index is 0.000000872. The highest BCUT2D eigenvalue weighted by Gasteiger charge is 2.38. The smallest absolute Gasteiger partial charge is 0.475 e. The van der Waals surface area contributed by atoms with Gasteiger partial charge in [-0.1, -0.05) is 36.4 Å². The summed E-state index contributed by atoms with van der Waals surface area (Å²) in [5.74, 6) is -4.70. The van der Waals surface area contributed by atoms with Gasteiger partial charge in [0, 0.05) is 29.1 Å². The molecule has 4 rings (SSSR count). The number of carbonyl (C=O) groups excluding carboxylic acids is 2. The van der Waals surface area contributed by atoms with Crippen LogP contribution in [0.4, 0.5) is 26.3 Å². The van der Waals surface area contributed by atoms with Crippen LogP contribution in [0.5, 0.6) is 0 Å². The molecule has 3 atom stereocenters. The monoisotopic (exact) mass is 747 g/mol. The number of rotatable bonds is 11. The lowest BCUT2D eigenvalue weighted by molar-refractivity contribution is -0.192. The highest BCUT2D eigenvalue weighted by Crippen LogP contribution is 2.31. The summed E-state index contributed by atoms with van der Waals surface area (Å²) >= 11 is 1.51. The minimum Gasteiger partial charge on any atom is -0.475 e. The molecule has 0 saturated heterocycles. The van der Waals surface area contributed by atoms with E-state index in [0.717, 1.165) is 28.7 Å². The Morgan fingerprint density at radius 1 is 0.900 bits per heavy atom. The lowest BCUT2D eigenvalue weighted by Crippen LogP contribution is -2.51. The molecule has 0 heterocycles. The highest BCUT2D eigenvalue weighted by molar-refractivity contribution is 7.98. The van der Waals surface area contributed by atoms with Gasteiger partial charge in [-0.25, -0.2) is 13.2 Å². The Bertz CT molecular complexity index is 1710. The zero-order chi connectivity index (χ0) is 37.1. The van der Waals surface area contributed by atoms with Crippen molar-refractivity contribution < 1.29 is 54.3 Å². The lowest BCUT2D eigenvalue weighted by Gasteiger charge is -2.37. The van der Waals surface area contributed by atoms with E-state index in [9.17, 15) is 44.3 Å². The number of carboxylic acids is 1. The van der Waals surface area contributed by atoms with Gasteiger partial charge >= 0.3 is 18.3 Å². The Hall–Kier alpha value is -4.09. The van der Waals surface area contributed by atoms with Gasteiger partial charge in [0.15, 0.2) is 9.84 Å². The second kappa shape index (κ2) is 17.7. The second-order valence-corrected chi connectivity index (χ2v) is 14.2. The maximum atomic E-state index is 13.4. The van der Waals surface area contributed by atoms with Crippen LogP contribution in [0.1, 0.15) is 40.7 Å². The molecule has 2 amide bonds. The zero-order valence-electron chi connectivity index (χ0n) is 26.6. The third kappa shape index (κ3) is 12.7. The summed E-state index contributed by atoms with van der Waals surface area (Å²) in [7, 11) is -3.67. The topological polar surface area (TPSA) is 142 Å². The Kier molecular flexibility index (Phi) is 14.3. The third-order valence-electron chi connectivity index (χ3n) is 7.72. The van der Waals surface area contributed by atoms with Crippen molar-refractivity contribution in [2.75, 3.05) is 18.6 Å². The molecule has 3 aromatic carbocycles. The van der Waals surface area contributed by atoms with Crippen molar-refractivity contribution in [2.24, 2.45) is 5.92 Å². The van der Waals surface area contributed by atoms with Crippen molar-refractivity contribution in [3.05, 3.63) is 95.6 Å². The summed E-state index contributed by atoms with van der Waals surface area (Å²) in [6, 6.07) is 20.1. The molecule has 50 heavy (non-hydrogen) atoms.